The second kappa shape index (κ2) is 5.59. The van der Waals surface area contributed by atoms with Crippen molar-refractivity contribution in [3.8, 4) is 0 Å². The molecule has 2 rings (SSSR count). The van der Waals surface area contributed by atoms with Gasteiger partial charge in [0.2, 0.25) is 0 Å². The average molecular weight is 360 g/mol. The molecule has 0 aliphatic carbocycles. The van der Waals surface area contributed by atoms with Crippen LogP contribution in [0.1, 0.15) is 17.1 Å². The van der Waals surface area contributed by atoms with Crippen molar-refractivity contribution in [2.75, 3.05) is 4.72 Å². The first-order chi connectivity index (χ1) is 9.35. The van der Waals surface area contributed by atoms with Crippen molar-refractivity contribution in [3.05, 3.63) is 45.8 Å². The third kappa shape index (κ3) is 2.89. The van der Waals surface area contributed by atoms with Gasteiger partial charge in [-0.3, -0.25) is 4.72 Å². The molecular weight excluding hydrogens is 346 g/mol. The van der Waals surface area contributed by atoms with Crippen LogP contribution >= 0.6 is 15.9 Å². The van der Waals surface area contributed by atoms with Crippen LogP contribution in [0.4, 0.5) is 5.69 Å². The number of aryl methyl sites for hydroxylation is 2. The molecule has 1 aromatic carbocycles. The number of rotatable bonds is 4. The molecule has 0 aliphatic heterocycles. The summed E-state index contributed by atoms with van der Waals surface area (Å²) in [4.78, 5) is 0.000388. The highest BCUT2D eigenvalue weighted by Crippen LogP contribution is 2.28. The van der Waals surface area contributed by atoms with Crippen LogP contribution in [0.3, 0.4) is 0 Å². The van der Waals surface area contributed by atoms with Gasteiger partial charge in [-0.15, -0.1) is 0 Å². The topological polar surface area (TPSA) is 79.5 Å². The van der Waals surface area contributed by atoms with Gasteiger partial charge in [0.05, 0.1) is 6.61 Å². The number of aliphatic hydroxyl groups is 1. The molecule has 0 bridgehead atoms. The summed E-state index contributed by atoms with van der Waals surface area (Å²) in [7, 11) is -3.80. The molecule has 1 heterocycles. The van der Waals surface area contributed by atoms with E-state index in [9.17, 15) is 13.5 Å². The van der Waals surface area contributed by atoms with Gasteiger partial charge >= 0.3 is 0 Å². The van der Waals surface area contributed by atoms with Crippen molar-refractivity contribution in [1.29, 1.82) is 0 Å². The Kier molecular flexibility index (Phi) is 4.22. The van der Waals surface area contributed by atoms with E-state index in [2.05, 4.69) is 20.7 Å². The van der Waals surface area contributed by atoms with Crippen molar-refractivity contribution in [3.63, 3.8) is 0 Å². The minimum atomic E-state index is -3.80. The molecule has 0 aliphatic rings. The van der Waals surface area contributed by atoms with Crippen LogP contribution in [0, 0.1) is 13.8 Å². The summed E-state index contributed by atoms with van der Waals surface area (Å²) >= 11 is 3.28. The van der Waals surface area contributed by atoms with Gasteiger partial charge in [-0.05, 0) is 38.1 Å². The highest BCUT2D eigenvalue weighted by molar-refractivity contribution is 9.10. The van der Waals surface area contributed by atoms with E-state index in [1.165, 1.54) is 0 Å². The Morgan fingerprint density at radius 2 is 1.80 bits per heavy atom. The SMILES string of the molecule is Cc1oc(C)c(S(=O)(=O)Nc2ccc(Br)cc2)c1CO. The van der Waals surface area contributed by atoms with Gasteiger partial charge in [0.15, 0.2) is 0 Å². The highest BCUT2D eigenvalue weighted by Gasteiger charge is 2.26. The van der Waals surface area contributed by atoms with Crippen LogP contribution in [0.2, 0.25) is 0 Å². The maximum atomic E-state index is 12.4. The molecule has 0 spiro atoms. The van der Waals surface area contributed by atoms with Crippen molar-refractivity contribution < 1.29 is 17.9 Å². The first-order valence-electron chi connectivity index (χ1n) is 5.83. The summed E-state index contributed by atoms with van der Waals surface area (Å²) in [5.41, 5.74) is 0.724. The summed E-state index contributed by atoms with van der Waals surface area (Å²) in [6.07, 6.45) is 0. The van der Waals surface area contributed by atoms with E-state index in [1.54, 1.807) is 38.1 Å². The number of sulfonamides is 1. The maximum Gasteiger partial charge on any atom is 0.265 e. The normalized spacial score (nSPS) is 11.6. The van der Waals surface area contributed by atoms with Crippen molar-refractivity contribution >= 4 is 31.6 Å². The predicted molar refractivity (Wildman–Crippen MR) is 79.1 cm³/mol. The molecule has 20 heavy (non-hydrogen) atoms. The molecular formula is C13H14BrNO4S. The lowest BCUT2D eigenvalue weighted by Gasteiger charge is -2.08. The molecule has 0 unspecified atom stereocenters. The van der Waals surface area contributed by atoms with E-state index in [0.717, 1.165) is 4.47 Å². The molecule has 0 atom stereocenters. The van der Waals surface area contributed by atoms with Crippen molar-refractivity contribution in [2.45, 2.75) is 25.3 Å². The minimum Gasteiger partial charge on any atom is -0.465 e. The van der Waals surface area contributed by atoms with Crippen molar-refractivity contribution in [2.24, 2.45) is 0 Å². The Morgan fingerprint density at radius 1 is 1.20 bits per heavy atom. The Bertz CT molecular complexity index is 720. The van der Waals surface area contributed by atoms with E-state index >= 15 is 0 Å². The quantitative estimate of drug-likeness (QED) is 0.879. The van der Waals surface area contributed by atoms with Crippen LogP contribution in [0.15, 0.2) is 38.1 Å². The molecule has 108 valence electrons. The second-order valence-corrected chi connectivity index (χ2v) is 6.83. The Hall–Kier alpha value is -1.31. The fourth-order valence-electron chi connectivity index (χ4n) is 1.97. The lowest BCUT2D eigenvalue weighted by molar-refractivity contribution is 0.276. The fourth-order valence-corrected chi connectivity index (χ4v) is 3.73. The molecule has 0 radical (unpaired) electrons. The molecule has 2 aromatic rings. The predicted octanol–water partition coefficient (Wildman–Crippen LogP) is 2.95. The van der Waals surface area contributed by atoms with E-state index < -0.39 is 10.0 Å². The zero-order chi connectivity index (χ0) is 14.9. The maximum absolute atomic E-state index is 12.4. The van der Waals surface area contributed by atoms with Crippen LogP contribution in [-0.2, 0) is 16.6 Å². The summed E-state index contributed by atoms with van der Waals surface area (Å²) in [6, 6.07) is 6.75. The number of anilines is 1. The summed E-state index contributed by atoms with van der Waals surface area (Å²) in [6.45, 7) is 2.79. The first kappa shape index (κ1) is 15.1. The monoisotopic (exact) mass is 359 g/mol. The minimum absolute atomic E-state index is 0.000388. The number of hydrogen-bond acceptors (Lipinski definition) is 4. The molecule has 2 N–H and O–H groups in total. The summed E-state index contributed by atoms with van der Waals surface area (Å²) < 4.78 is 33.4. The second-order valence-electron chi connectivity index (χ2n) is 4.29. The van der Waals surface area contributed by atoms with Crippen LogP contribution in [0.25, 0.3) is 0 Å². The van der Waals surface area contributed by atoms with E-state index in [1.807, 2.05) is 0 Å². The third-order valence-corrected chi connectivity index (χ3v) is 4.95. The smallest absolute Gasteiger partial charge is 0.265 e. The molecule has 0 fully saturated rings. The number of halogens is 1. The van der Waals surface area contributed by atoms with Gasteiger partial charge in [-0.2, -0.15) is 0 Å². The number of furan rings is 1. The van der Waals surface area contributed by atoms with Crippen LogP contribution < -0.4 is 4.72 Å². The lowest BCUT2D eigenvalue weighted by atomic mass is 10.2. The first-order valence-corrected chi connectivity index (χ1v) is 8.11. The molecule has 1 aromatic heterocycles. The standard InChI is InChI=1S/C13H14BrNO4S/c1-8-12(7-16)13(9(2)19-8)20(17,18)15-11-5-3-10(14)4-6-11/h3-6,15-16H,7H2,1-2H3. The third-order valence-electron chi connectivity index (χ3n) is 2.85. The van der Waals surface area contributed by atoms with Crippen LogP contribution in [-0.4, -0.2) is 13.5 Å². The van der Waals surface area contributed by atoms with Crippen molar-refractivity contribution in [1.82, 2.24) is 0 Å². The van der Waals surface area contributed by atoms with Gasteiger partial charge in [0.1, 0.15) is 16.4 Å². The van der Waals surface area contributed by atoms with E-state index in [-0.39, 0.29) is 22.8 Å². The van der Waals surface area contributed by atoms with E-state index in [0.29, 0.717) is 11.4 Å². The number of aliphatic hydroxyl groups excluding tert-OH is 1. The fraction of sp³-hybridized carbons (Fsp3) is 0.231. The number of hydrogen-bond donors (Lipinski definition) is 2. The Morgan fingerprint density at radius 3 is 2.35 bits per heavy atom. The van der Waals surface area contributed by atoms with Gasteiger partial charge in [-0.1, -0.05) is 15.9 Å². The highest BCUT2D eigenvalue weighted by atomic mass is 79.9. The lowest BCUT2D eigenvalue weighted by Crippen LogP contribution is -2.15. The summed E-state index contributed by atoms with van der Waals surface area (Å²) in [5, 5.41) is 9.32. The Balaban J connectivity index is 2.43. The zero-order valence-electron chi connectivity index (χ0n) is 11.0. The summed E-state index contributed by atoms with van der Waals surface area (Å²) in [5.74, 6) is 0.664. The molecule has 0 saturated heterocycles. The van der Waals surface area contributed by atoms with Gasteiger partial charge < -0.3 is 9.52 Å². The van der Waals surface area contributed by atoms with E-state index in [4.69, 9.17) is 4.42 Å². The Labute approximate surface area is 125 Å². The molecule has 5 nitrogen and oxygen atoms in total. The molecule has 0 saturated carbocycles. The number of benzene rings is 1. The molecule has 7 heteroatoms. The van der Waals surface area contributed by atoms with Gasteiger partial charge in [0.25, 0.3) is 10.0 Å². The largest absolute Gasteiger partial charge is 0.465 e. The van der Waals surface area contributed by atoms with Crippen LogP contribution in [0.5, 0.6) is 0 Å². The zero-order valence-corrected chi connectivity index (χ0v) is 13.4. The molecule has 0 amide bonds. The average Bonchev–Trinajstić information content (AvgIpc) is 2.66. The number of nitrogens with one attached hydrogen (secondary N) is 1. The van der Waals surface area contributed by atoms with Gasteiger partial charge in [0, 0.05) is 15.7 Å². The van der Waals surface area contributed by atoms with Gasteiger partial charge in [-0.25, -0.2) is 8.42 Å².